The van der Waals surface area contributed by atoms with Gasteiger partial charge in [-0.1, -0.05) is 12.1 Å². The maximum atomic E-state index is 13.6. The first kappa shape index (κ1) is 16.6. The molecule has 0 aromatic heterocycles. The minimum atomic E-state index is -3.83. The second-order valence-electron chi connectivity index (χ2n) is 8.85. The number of hydrogen-bond donors (Lipinski definition) is 0. The van der Waals surface area contributed by atoms with Crippen LogP contribution in [0.2, 0.25) is 0 Å². The monoisotopic (exact) mass is 373 g/mol. The molecular weight excluding hydrogens is 350 g/mol. The Hall–Kier alpha value is -1.53. The zero-order chi connectivity index (χ0) is 18.3. The average Bonchev–Trinajstić information content (AvgIpc) is 2.59. The van der Waals surface area contributed by atoms with Crippen molar-refractivity contribution in [2.24, 2.45) is 23.2 Å². The summed E-state index contributed by atoms with van der Waals surface area (Å²) in [5, 5.41) is 0. The predicted molar refractivity (Wildman–Crippen MR) is 95.1 cm³/mol. The summed E-state index contributed by atoms with van der Waals surface area (Å²) in [5.74, 6) is 1.19. The molecule has 1 atom stereocenters. The molecule has 1 aliphatic heterocycles. The van der Waals surface area contributed by atoms with Gasteiger partial charge in [0, 0.05) is 18.0 Å². The van der Waals surface area contributed by atoms with Crippen LogP contribution >= 0.6 is 0 Å². The molecule has 1 heterocycles. The van der Waals surface area contributed by atoms with Crippen molar-refractivity contribution < 1.29 is 18.0 Å². The summed E-state index contributed by atoms with van der Waals surface area (Å²) in [6.07, 6.45) is 6.08. The maximum absolute atomic E-state index is 13.6. The van der Waals surface area contributed by atoms with Crippen LogP contribution in [-0.4, -0.2) is 37.4 Å². The Labute approximate surface area is 153 Å². The van der Waals surface area contributed by atoms with Crippen molar-refractivity contribution in [2.45, 2.75) is 49.5 Å². The second-order valence-corrected chi connectivity index (χ2v) is 10.8. The lowest BCUT2D eigenvalue weighted by molar-refractivity contribution is -0.146. The number of likely N-dealkylation sites (N-methyl/N-ethyl adjacent to an activating group) is 1. The highest BCUT2D eigenvalue weighted by Gasteiger charge is 2.58. The molecule has 0 saturated heterocycles. The summed E-state index contributed by atoms with van der Waals surface area (Å²) in [6, 6.07) is 5.04. The third kappa shape index (κ3) is 2.09. The van der Waals surface area contributed by atoms with E-state index in [-0.39, 0.29) is 22.0 Å². The Balaban J connectivity index is 1.58. The van der Waals surface area contributed by atoms with Crippen LogP contribution in [0.25, 0.3) is 0 Å². The van der Waals surface area contributed by atoms with Crippen molar-refractivity contribution in [3.8, 4) is 0 Å². The number of Topliss-reactive ketones (excluding diaryl/α,β-unsaturated/α-hetero) is 2. The summed E-state index contributed by atoms with van der Waals surface area (Å²) in [4.78, 5) is 26.8. The minimum absolute atomic E-state index is 0.0158. The standard InChI is InChI=1S/C20H23NO4S/c1-21-17(18(22)15-4-2-3-5-16(15)26(21,24)25)19(23)20-9-12-6-13(10-20)8-14(7-12)11-20/h2-5,12-14,17H,6-11H2,1H3. The van der Waals surface area contributed by atoms with E-state index in [2.05, 4.69) is 0 Å². The Morgan fingerprint density at radius 2 is 1.58 bits per heavy atom. The molecule has 138 valence electrons. The van der Waals surface area contributed by atoms with E-state index in [1.807, 2.05) is 0 Å². The number of carbonyl (C=O) groups is 2. The smallest absolute Gasteiger partial charge is 0.244 e. The zero-order valence-electron chi connectivity index (χ0n) is 14.8. The first-order valence-corrected chi connectivity index (χ1v) is 10.9. The van der Waals surface area contributed by atoms with Gasteiger partial charge in [0.15, 0.2) is 11.6 Å². The lowest BCUT2D eigenvalue weighted by Gasteiger charge is -2.56. The highest BCUT2D eigenvalue weighted by molar-refractivity contribution is 7.89. The molecular formula is C20H23NO4S. The SMILES string of the molecule is CN1C(C(=O)C23CC4CC(CC(C4)C2)C3)C(=O)c2ccccc2S1(=O)=O. The Bertz CT molecular complexity index is 884. The highest BCUT2D eigenvalue weighted by Crippen LogP contribution is 2.61. The van der Waals surface area contributed by atoms with Gasteiger partial charge in [-0.2, -0.15) is 4.31 Å². The van der Waals surface area contributed by atoms with E-state index in [0.29, 0.717) is 17.8 Å². The van der Waals surface area contributed by atoms with Crippen molar-refractivity contribution in [2.75, 3.05) is 7.05 Å². The van der Waals surface area contributed by atoms with Crippen LogP contribution in [0, 0.1) is 23.2 Å². The zero-order valence-corrected chi connectivity index (χ0v) is 15.7. The number of ketones is 2. The van der Waals surface area contributed by atoms with Gasteiger partial charge in [-0.3, -0.25) is 9.59 Å². The molecule has 4 bridgehead atoms. The molecule has 1 unspecified atom stereocenters. The van der Waals surface area contributed by atoms with Crippen LogP contribution in [0.3, 0.4) is 0 Å². The molecule has 0 spiro atoms. The van der Waals surface area contributed by atoms with Crippen molar-refractivity contribution in [1.29, 1.82) is 0 Å². The van der Waals surface area contributed by atoms with E-state index in [9.17, 15) is 18.0 Å². The van der Waals surface area contributed by atoms with Gasteiger partial charge in [0.2, 0.25) is 10.0 Å². The molecule has 6 heteroatoms. The fraction of sp³-hybridized carbons (Fsp3) is 0.600. The van der Waals surface area contributed by atoms with Gasteiger partial charge in [-0.25, -0.2) is 8.42 Å². The third-order valence-electron chi connectivity index (χ3n) is 7.23. The first-order valence-electron chi connectivity index (χ1n) is 9.47. The average molecular weight is 373 g/mol. The van der Waals surface area contributed by atoms with Crippen molar-refractivity contribution in [3.05, 3.63) is 29.8 Å². The number of hydrogen-bond acceptors (Lipinski definition) is 4. The molecule has 5 aliphatic rings. The Morgan fingerprint density at radius 3 is 2.15 bits per heavy atom. The summed E-state index contributed by atoms with van der Waals surface area (Å²) in [5.41, 5.74) is -0.334. The van der Waals surface area contributed by atoms with Crippen molar-refractivity contribution >= 4 is 21.6 Å². The van der Waals surface area contributed by atoms with Gasteiger partial charge in [-0.05, 0) is 68.4 Å². The van der Waals surface area contributed by atoms with Crippen LogP contribution in [0.4, 0.5) is 0 Å². The van der Waals surface area contributed by atoms with Gasteiger partial charge in [0.1, 0.15) is 6.04 Å². The number of sulfonamides is 1. The van der Waals surface area contributed by atoms with E-state index in [1.54, 1.807) is 12.1 Å². The van der Waals surface area contributed by atoms with E-state index in [1.165, 1.54) is 38.4 Å². The molecule has 5 nitrogen and oxygen atoms in total. The molecule has 6 rings (SSSR count). The number of rotatable bonds is 2. The fourth-order valence-corrected chi connectivity index (χ4v) is 7.96. The normalized spacial score (nSPS) is 40.4. The van der Waals surface area contributed by atoms with Crippen LogP contribution in [0.15, 0.2) is 29.2 Å². The lowest BCUT2D eigenvalue weighted by Crippen LogP contribution is -2.59. The summed E-state index contributed by atoms with van der Waals surface area (Å²) >= 11 is 0. The molecule has 4 fully saturated rings. The summed E-state index contributed by atoms with van der Waals surface area (Å²) < 4.78 is 26.9. The quantitative estimate of drug-likeness (QED) is 0.747. The van der Waals surface area contributed by atoms with Gasteiger partial charge in [-0.15, -0.1) is 0 Å². The molecule has 1 aromatic carbocycles. The third-order valence-corrected chi connectivity index (χ3v) is 9.11. The van der Waals surface area contributed by atoms with Crippen molar-refractivity contribution in [3.63, 3.8) is 0 Å². The Kier molecular flexibility index (Phi) is 3.36. The summed E-state index contributed by atoms with van der Waals surface area (Å²) in [7, 11) is -2.45. The predicted octanol–water partition coefficient (Wildman–Crippen LogP) is 2.66. The van der Waals surface area contributed by atoms with Gasteiger partial charge in [0.05, 0.1) is 4.90 Å². The molecule has 26 heavy (non-hydrogen) atoms. The number of nitrogens with zero attached hydrogens (tertiary/aromatic N) is 1. The second kappa shape index (κ2) is 5.26. The Morgan fingerprint density at radius 1 is 1.04 bits per heavy atom. The maximum Gasteiger partial charge on any atom is 0.244 e. The van der Waals surface area contributed by atoms with E-state index in [4.69, 9.17) is 0 Å². The fourth-order valence-electron chi connectivity index (χ4n) is 6.49. The number of carbonyl (C=O) groups excluding carboxylic acids is 2. The van der Waals surface area contributed by atoms with E-state index >= 15 is 0 Å². The molecule has 1 aromatic rings. The minimum Gasteiger partial charge on any atom is -0.297 e. The number of fused-ring (bicyclic) bond motifs is 1. The van der Waals surface area contributed by atoms with Gasteiger partial charge in [0.25, 0.3) is 0 Å². The molecule has 0 amide bonds. The first-order chi connectivity index (χ1) is 12.3. The summed E-state index contributed by atoms with van der Waals surface area (Å²) in [6.45, 7) is 0. The van der Waals surface area contributed by atoms with Crippen LogP contribution in [0.1, 0.15) is 48.9 Å². The molecule has 0 radical (unpaired) electrons. The lowest BCUT2D eigenvalue weighted by atomic mass is 9.48. The molecule has 0 N–H and O–H groups in total. The highest BCUT2D eigenvalue weighted by atomic mass is 32.2. The number of benzene rings is 1. The topological polar surface area (TPSA) is 71.5 Å². The van der Waals surface area contributed by atoms with Crippen molar-refractivity contribution in [1.82, 2.24) is 4.31 Å². The van der Waals surface area contributed by atoms with Crippen LogP contribution in [-0.2, 0) is 14.8 Å². The van der Waals surface area contributed by atoms with Gasteiger partial charge < -0.3 is 0 Å². The van der Waals surface area contributed by atoms with E-state index in [0.717, 1.165) is 23.6 Å². The largest absolute Gasteiger partial charge is 0.297 e. The molecule has 4 saturated carbocycles. The van der Waals surface area contributed by atoms with Crippen LogP contribution in [0.5, 0.6) is 0 Å². The molecule has 4 aliphatic carbocycles. The van der Waals surface area contributed by atoms with Crippen LogP contribution < -0.4 is 0 Å². The van der Waals surface area contributed by atoms with E-state index < -0.39 is 21.5 Å². The van der Waals surface area contributed by atoms with Gasteiger partial charge >= 0.3 is 0 Å².